The summed E-state index contributed by atoms with van der Waals surface area (Å²) in [7, 11) is 0. The number of thiophene rings is 1. The molecule has 7 heteroatoms. The zero-order valence-corrected chi connectivity index (χ0v) is 11.7. The number of hydrogen-bond donors (Lipinski definition) is 2. The molecule has 1 unspecified atom stereocenters. The first kappa shape index (κ1) is 13.7. The van der Waals surface area contributed by atoms with Crippen LogP contribution >= 0.6 is 11.3 Å². The molecular weight excluding hydrogens is 264 g/mol. The van der Waals surface area contributed by atoms with Gasteiger partial charge in [-0.3, -0.25) is 4.79 Å². The number of hydrogen-bond acceptors (Lipinski definition) is 6. The first-order valence-corrected chi connectivity index (χ1v) is 6.84. The van der Waals surface area contributed by atoms with Gasteiger partial charge in [0.1, 0.15) is 15.2 Å². The molecule has 0 saturated carbocycles. The number of nitrogens with one attached hydrogen (secondary N) is 1. The number of rotatable bonds is 5. The average molecular weight is 280 g/mol. The number of nitrogens with two attached hydrogens (primary N) is 1. The van der Waals surface area contributed by atoms with Crippen molar-refractivity contribution in [3.8, 4) is 0 Å². The van der Waals surface area contributed by atoms with Crippen LogP contribution < -0.4 is 11.1 Å². The number of fused-ring (bicyclic) bond motifs is 1. The van der Waals surface area contributed by atoms with Crippen LogP contribution in [0.15, 0.2) is 12.4 Å². The Balaban J connectivity index is 2.11. The summed E-state index contributed by atoms with van der Waals surface area (Å²) < 4.78 is 5.35. The van der Waals surface area contributed by atoms with Crippen molar-refractivity contribution in [2.75, 3.05) is 18.9 Å². The highest BCUT2D eigenvalue weighted by atomic mass is 32.1. The molecular formula is C12H16N4O2S. The van der Waals surface area contributed by atoms with E-state index in [0.29, 0.717) is 34.1 Å². The minimum Gasteiger partial charge on any atom is -0.396 e. The van der Waals surface area contributed by atoms with Crippen LogP contribution in [0.4, 0.5) is 5.69 Å². The largest absolute Gasteiger partial charge is 0.396 e. The zero-order chi connectivity index (χ0) is 13.8. The SMILES string of the molecule is CCOC(C)CNC(=O)c1sc2nccnc2c1N. The van der Waals surface area contributed by atoms with Crippen LogP contribution in [0, 0.1) is 0 Å². The summed E-state index contributed by atoms with van der Waals surface area (Å²) in [6.07, 6.45) is 3.11. The van der Waals surface area contributed by atoms with E-state index < -0.39 is 0 Å². The first-order valence-electron chi connectivity index (χ1n) is 6.02. The minimum absolute atomic E-state index is 0.0270. The molecule has 2 heterocycles. The lowest BCUT2D eigenvalue weighted by atomic mass is 10.3. The summed E-state index contributed by atoms with van der Waals surface area (Å²) >= 11 is 1.25. The Hall–Kier alpha value is -1.73. The van der Waals surface area contributed by atoms with Gasteiger partial charge in [-0.2, -0.15) is 0 Å². The Bertz CT molecular complexity index is 584. The molecule has 0 aliphatic heterocycles. The van der Waals surface area contributed by atoms with E-state index in [4.69, 9.17) is 10.5 Å². The zero-order valence-electron chi connectivity index (χ0n) is 10.8. The number of aromatic nitrogens is 2. The van der Waals surface area contributed by atoms with Crippen LogP contribution in [0.3, 0.4) is 0 Å². The van der Waals surface area contributed by atoms with Crippen molar-refractivity contribution < 1.29 is 9.53 Å². The summed E-state index contributed by atoms with van der Waals surface area (Å²) in [5.41, 5.74) is 6.88. The van der Waals surface area contributed by atoms with Crippen LogP contribution in [-0.2, 0) is 4.74 Å². The van der Waals surface area contributed by atoms with Gasteiger partial charge < -0.3 is 15.8 Å². The third kappa shape index (κ3) is 2.99. The lowest BCUT2D eigenvalue weighted by molar-refractivity contribution is 0.0697. The van der Waals surface area contributed by atoms with E-state index >= 15 is 0 Å². The second-order valence-electron chi connectivity index (χ2n) is 4.03. The van der Waals surface area contributed by atoms with Gasteiger partial charge >= 0.3 is 0 Å². The topological polar surface area (TPSA) is 90.1 Å². The molecule has 0 spiro atoms. The summed E-state index contributed by atoms with van der Waals surface area (Å²) in [5, 5.41) is 2.80. The van der Waals surface area contributed by atoms with Gasteiger partial charge in [-0.05, 0) is 13.8 Å². The third-order valence-corrected chi connectivity index (χ3v) is 3.67. The molecule has 0 aliphatic rings. The van der Waals surface area contributed by atoms with E-state index in [1.165, 1.54) is 11.3 Å². The van der Waals surface area contributed by atoms with Crippen molar-refractivity contribution in [2.24, 2.45) is 0 Å². The summed E-state index contributed by atoms with van der Waals surface area (Å²) in [4.78, 5) is 21.4. The van der Waals surface area contributed by atoms with Crippen molar-refractivity contribution >= 4 is 33.3 Å². The maximum absolute atomic E-state index is 12.1. The van der Waals surface area contributed by atoms with E-state index in [1.54, 1.807) is 12.4 Å². The number of anilines is 1. The Morgan fingerprint density at radius 2 is 2.26 bits per heavy atom. The standard InChI is InChI=1S/C12H16N4O2S/c1-3-18-7(2)6-16-11(17)10-8(13)9-12(19-10)15-5-4-14-9/h4-5,7H,3,6,13H2,1-2H3,(H,16,17). The highest BCUT2D eigenvalue weighted by Gasteiger charge is 2.18. The maximum Gasteiger partial charge on any atom is 0.263 e. The molecule has 2 aromatic heterocycles. The molecule has 1 atom stereocenters. The van der Waals surface area contributed by atoms with Gasteiger partial charge in [0.05, 0.1) is 11.8 Å². The van der Waals surface area contributed by atoms with Crippen molar-refractivity contribution in [1.29, 1.82) is 0 Å². The van der Waals surface area contributed by atoms with Crippen LogP contribution in [0.2, 0.25) is 0 Å². The van der Waals surface area contributed by atoms with Crippen LogP contribution in [0.25, 0.3) is 10.3 Å². The number of nitrogen functional groups attached to an aromatic ring is 1. The number of carbonyl (C=O) groups excluding carboxylic acids is 1. The predicted molar refractivity (Wildman–Crippen MR) is 75.2 cm³/mol. The van der Waals surface area contributed by atoms with Gasteiger partial charge in [-0.1, -0.05) is 0 Å². The molecule has 2 rings (SSSR count). The molecule has 0 aliphatic carbocycles. The summed E-state index contributed by atoms with van der Waals surface area (Å²) in [5.74, 6) is -0.214. The Morgan fingerprint density at radius 1 is 1.53 bits per heavy atom. The smallest absolute Gasteiger partial charge is 0.263 e. The molecule has 3 N–H and O–H groups in total. The van der Waals surface area contributed by atoms with Crippen LogP contribution in [-0.4, -0.2) is 35.1 Å². The van der Waals surface area contributed by atoms with Gasteiger partial charge in [-0.25, -0.2) is 9.97 Å². The molecule has 1 amide bonds. The maximum atomic E-state index is 12.1. The normalized spacial score (nSPS) is 12.5. The monoisotopic (exact) mass is 280 g/mol. The minimum atomic E-state index is -0.214. The molecule has 6 nitrogen and oxygen atoms in total. The lowest BCUT2D eigenvalue weighted by Crippen LogP contribution is -2.32. The van der Waals surface area contributed by atoms with E-state index in [0.717, 1.165) is 0 Å². The van der Waals surface area contributed by atoms with Crippen LogP contribution in [0.1, 0.15) is 23.5 Å². The van der Waals surface area contributed by atoms with Crippen molar-refractivity contribution in [3.05, 3.63) is 17.3 Å². The Morgan fingerprint density at radius 3 is 2.95 bits per heavy atom. The fourth-order valence-electron chi connectivity index (χ4n) is 1.67. The summed E-state index contributed by atoms with van der Waals surface area (Å²) in [6, 6.07) is 0. The highest BCUT2D eigenvalue weighted by molar-refractivity contribution is 7.21. The van der Waals surface area contributed by atoms with E-state index in [2.05, 4.69) is 15.3 Å². The summed E-state index contributed by atoms with van der Waals surface area (Å²) in [6.45, 7) is 4.89. The third-order valence-electron chi connectivity index (χ3n) is 2.57. The van der Waals surface area contributed by atoms with Gasteiger partial charge in [0.2, 0.25) is 0 Å². The van der Waals surface area contributed by atoms with Gasteiger partial charge in [0.25, 0.3) is 5.91 Å². The van der Waals surface area contributed by atoms with E-state index in [1.807, 2.05) is 13.8 Å². The molecule has 102 valence electrons. The molecule has 0 bridgehead atoms. The molecule has 0 fully saturated rings. The number of ether oxygens (including phenoxy) is 1. The number of amides is 1. The quantitative estimate of drug-likeness (QED) is 0.864. The molecule has 0 aromatic carbocycles. The number of nitrogens with zero attached hydrogens (tertiary/aromatic N) is 2. The second kappa shape index (κ2) is 5.94. The van der Waals surface area contributed by atoms with E-state index in [9.17, 15) is 4.79 Å². The second-order valence-corrected chi connectivity index (χ2v) is 5.03. The fourth-order valence-corrected chi connectivity index (χ4v) is 2.61. The fraction of sp³-hybridized carbons (Fsp3) is 0.417. The average Bonchev–Trinajstić information content (AvgIpc) is 2.74. The molecule has 0 radical (unpaired) electrons. The molecule has 19 heavy (non-hydrogen) atoms. The Labute approximate surface area is 115 Å². The van der Waals surface area contributed by atoms with Crippen molar-refractivity contribution in [1.82, 2.24) is 15.3 Å². The highest BCUT2D eigenvalue weighted by Crippen LogP contribution is 2.30. The van der Waals surface area contributed by atoms with E-state index in [-0.39, 0.29) is 12.0 Å². The number of carbonyl (C=O) groups is 1. The van der Waals surface area contributed by atoms with Gasteiger partial charge in [0.15, 0.2) is 0 Å². The molecule has 0 saturated heterocycles. The predicted octanol–water partition coefficient (Wildman–Crippen LogP) is 1.43. The first-order chi connectivity index (χ1) is 9.13. The Kier molecular flexibility index (Phi) is 4.28. The molecule has 2 aromatic rings. The van der Waals surface area contributed by atoms with Crippen molar-refractivity contribution in [3.63, 3.8) is 0 Å². The van der Waals surface area contributed by atoms with Gasteiger partial charge in [-0.15, -0.1) is 11.3 Å². The van der Waals surface area contributed by atoms with Gasteiger partial charge in [0, 0.05) is 25.5 Å². The lowest BCUT2D eigenvalue weighted by Gasteiger charge is -2.12. The van der Waals surface area contributed by atoms with Crippen molar-refractivity contribution in [2.45, 2.75) is 20.0 Å². The van der Waals surface area contributed by atoms with Crippen LogP contribution in [0.5, 0.6) is 0 Å².